The molecule has 0 unspecified atom stereocenters. The van der Waals surface area contributed by atoms with Crippen molar-refractivity contribution in [3.05, 3.63) is 39.3 Å². The average molecular weight is 356 g/mol. The van der Waals surface area contributed by atoms with Gasteiger partial charge in [-0.2, -0.15) is 0 Å². The summed E-state index contributed by atoms with van der Waals surface area (Å²) >= 11 is 4.78. The smallest absolute Gasteiger partial charge is 0.230 e. The van der Waals surface area contributed by atoms with Crippen LogP contribution in [0.15, 0.2) is 28.1 Å². The van der Waals surface area contributed by atoms with Crippen molar-refractivity contribution < 1.29 is 9.53 Å². The summed E-state index contributed by atoms with van der Waals surface area (Å²) in [5.74, 6) is -0.134. The summed E-state index contributed by atoms with van der Waals surface area (Å²) in [7, 11) is 1.61. The van der Waals surface area contributed by atoms with Gasteiger partial charge in [0.05, 0.1) is 18.7 Å². The van der Waals surface area contributed by atoms with Gasteiger partial charge >= 0.3 is 0 Å². The number of nitrogen functional groups attached to an aromatic ring is 1. The molecular weight excluding hydrogens is 342 g/mol. The fourth-order valence-electron chi connectivity index (χ4n) is 1.73. The molecule has 7 heteroatoms. The van der Waals surface area contributed by atoms with Crippen molar-refractivity contribution >= 4 is 44.0 Å². The summed E-state index contributed by atoms with van der Waals surface area (Å²) < 4.78 is 6.04. The Morgan fingerprint density at radius 3 is 3.00 bits per heavy atom. The highest BCUT2D eigenvalue weighted by Gasteiger charge is 2.11. The molecule has 106 valence electrons. The number of nitrogens with two attached hydrogens (primary N) is 1. The number of benzene rings is 1. The Balaban J connectivity index is 2.09. The number of carbonyl (C=O) groups is 1. The van der Waals surface area contributed by atoms with E-state index in [2.05, 4.69) is 26.2 Å². The van der Waals surface area contributed by atoms with Crippen LogP contribution in [0.4, 0.5) is 10.8 Å². The third-order valence-corrected chi connectivity index (χ3v) is 4.06. The van der Waals surface area contributed by atoms with Gasteiger partial charge in [-0.1, -0.05) is 22.0 Å². The molecule has 0 aliphatic heterocycles. The predicted molar refractivity (Wildman–Crippen MR) is 83.7 cm³/mol. The van der Waals surface area contributed by atoms with Gasteiger partial charge in [-0.05, 0) is 12.1 Å². The van der Waals surface area contributed by atoms with Crippen LogP contribution in [-0.2, 0) is 22.6 Å². The third kappa shape index (κ3) is 3.78. The van der Waals surface area contributed by atoms with E-state index in [1.165, 1.54) is 11.3 Å². The Morgan fingerprint density at radius 2 is 2.35 bits per heavy atom. The van der Waals surface area contributed by atoms with Crippen molar-refractivity contribution in [3.8, 4) is 0 Å². The van der Waals surface area contributed by atoms with Crippen LogP contribution in [-0.4, -0.2) is 18.0 Å². The van der Waals surface area contributed by atoms with Gasteiger partial charge in [-0.15, -0.1) is 11.3 Å². The summed E-state index contributed by atoms with van der Waals surface area (Å²) in [5, 5.41) is 5.12. The van der Waals surface area contributed by atoms with Crippen LogP contribution in [0.5, 0.6) is 0 Å². The number of nitrogens with zero attached hydrogens (tertiary/aromatic N) is 1. The first-order valence-electron chi connectivity index (χ1n) is 5.86. The Hall–Kier alpha value is -1.44. The zero-order valence-electron chi connectivity index (χ0n) is 10.9. The van der Waals surface area contributed by atoms with Gasteiger partial charge in [0.15, 0.2) is 5.13 Å². The highest BCUT2D eigenvalue weighted by molar-refractivity contribution is 9.10. The van der Waals surface area contributed by atoms with Crippen molar-refractivity contribution in [2.45, 2.75) is 13.0 Å². The molecule has 1 heterocycles. The number of thiazole rings is 1. The van der Waals surface area contributed by atoms with Crippen molar-refractivity contribution in [3.63, 3.8) is 0 Å². The minimum absolute atomic E-state index is 0.134. The Kier molecular flexibility index (Phi) is 5.11. The average Bonchev–Trinajstić information content (AvgIpc) is 2.79. The normalized spacial score (nSPS) is 10.5. The zero-order valence-corrected chi connectivity index (χ0v) is 13.3. The summed E-state index contributed by atoms with van der Waals surface area (Å²) in [6, 6.07) is 5.61. The summed E-state index contributed by atoms with van der Waals surface area (Å²) in [4.78, 5) is 16.1. The lowest BCUT2D eigenvalue weighted by molar-refractivity contribution is -0.115. The predicted octanol–water partition coefficient (Wildman–Crippen LogP) is 2.82. The molecule has 1 aromatic carbocycles. The molecule has 1 aromatic heterocycles. The molecule has 2 aromatic rings. The molecule has 2 rings (SSSR count). The number of aromatic nitrogens is 1. The van der Waals surface area contributed by atoms with Crippen LogP contribution in [0.2, 0.25) is 0 Å². The number of anilines is 2. The molecule has 5 nitrogen and oxygen atoms in total. The van der Waals surface area contributed by atoms with Crippen molar-refractivity contribution in [1.29, 1.82) is 0 Å². The molecule has 3 N–H and O–H groups in total. The molecule has 0 aliphatic carbocycles. The zero-order chi connectivity index (χ0) is 14.5. The van der Waals surface area contributed by atoms with Crippen molar-refractivity contribution in [2.24, 2.45) is 0 Å². The topological polar surface area (TPSA) is 77.2 Å². The molecule has 0 bridgehead atoms. The maximum absolute atomic E-state index is 12.0. The van der Waals surface area contributed by atoms with Gasteiger partial charge < -0.3 is 15.8 Å². The number of halogens is 1. The lowest BCUT2D eigenvalue weighted by atomic mass is 10.2. The van der Waals surface area contributed by atoms with Gasteiger partial charge in [0, 0.05) is 28.2 Å². The Bertz CT molecular complexity index is 615. The number of hydrogen-bond acceptors (Lipinski definition) is 5. The van der Waals surface area contributed by atoms with Crippen LogP contribution in [0.3, 0.4) is 0 Å². The first-order valence-corrected chi connectivity index (χ1v) is 7.53. The molecule has 0 saturated carbocycles. The first kappa shape index (κ1) is 15.0. The highest BCUT2D eigenvalue weighted by Crippen LogP contribution is 2.25. The lowest BCUT2D eigenvalue weighted by Gasteiger charge is -2.12. The van der Waals surface area contributed by atoms with E-state index in [4.69, 9.17) is 10.5 Å². The molecular formula is C13H14BrN3O2S. The SMILES string of the molecule is COCc1c(Br)cccc1NC(=O)Cc1csc(N)n1. The lowest BCUT2D eigenvalue weighted by Crippen LogP contribution is -2.16. The second-order valence-electron chi connectivity index (χ2n) is 4.10. The third-order valence-electron chi connectivity index (χ3n) is 2.59. The molecule has 20 heavy (non-hydrogen) atoms. The molecule has 0 spiro atoms. The van der Waals surface area contributed by atoms with E-state index in [9.17, 15) is 4.79 Å². The van der Waals surface area contributed by atoms with Crippen molar-refractivity contribution in [2.75, 3.05) is 18.2 Å². The van der Waals surface area contributed by atoms with Gasteiger partial charge in [0.1, 0.15) is 0 Å². The largest absolute Gasteiger partial charge is 0.380 e. The standard InChI is InChI=1S/C13H14BrN3O2S/c1-19-6-9-10(14)3-2-4-11(9)17-12(18)5-8-7-20-13(15)16-8/h2-4,7H,5-6H2,1H3,(H2,15,16)(H,17,18). The number of hydrogen-bond donors (Lipinski definition) is 2. The number of methoxy groups -OCH3 is 1. The molecule has 0 atom stereocenters. The number of carbonyl (C=O) groups excluding carboxylic acids is 1. The summed E-state index contributed by atoms with van der Waals surface area (Å²) in [6.45, 7) is 0.417. The molecule has 0 aliphatic rings. The minimum Gasteiger partial charge on any atom is -0.380 e. The van der Waals surface area contributed by atoms with E-state index in [0.29, 0.717) is 17.4 Å². The summed E-state index contributed by atoms with van der Waals surface area (Å²) in [6.07, 6.45) is 0.201. The second kappa shape index (κ2) is 6.83. The van der Waals surface area contributed by atoms with Crippen molar-refractivity contribution in [1.82, 2.24) is 4.98 Å². The van der Waals surface area contributed by atoms with E-state index >= 15 is 0 Å². The Morgan fingerprint density at radius 1 is 1.55 bits per heavy atom. The van der Waals surface area contributed by atoms with E-state index in [0.717, 1.165) is 15.7 Å². The number of nitrogens with one attached hydrogen (secondary N) is 1. The quantitative estimate of drug-likeness (QED) is 0.864. The second-order valence-corrected chi connectivity index (χ2v) is 5.85. The van der Waals surface area contributed by atoms with Gasteiger partial charge in [0.25, 0.3) is 0 Å². The molecule has 0 radical (unpaired) electrons. The summed E-state index contributed by atoms with van der Waals surface area (Å²) in [5.41, 5.74) is 7.85. The molecule has 0 fully saturated rings. The minimum atomic E-state index is -0.134. The number of amides is 1. The maximum atomic E-state index is 12.0. The van der Waals surface area contributed by atoms with Gasteiger partial charge in [0.2, 0.25) is 5.91 Å². The fourth-order valence-corrected chi connectivity index (χ4v) is 2.77. The highest BCUT2D eigenvalue weighted by atomic mass is 79.9. The van der Waals surface area contributed by atoms with E-state index in [1.54, 1.807) is 12.5 Å². The molecule has 1 amide bonds. The van der Waals surface area contributed by atoms with Crippen LogP contribution < -0.4 is 11.1 Å². The van der Waals surface area contributed by atoms with Crippen LogP contribution in [0.1, 0.15) is 11.3 Å². The van der Waals surface area contributed by atoms with Gasteiger partial charge in [-0.25, -0.2) is 4.98 Å². The number of ether oxygens (including phenoxy) is 1. The van der Waals surface area contributed by atoms with Crippen LogP contribution in [0, 0.1) is 0 Å². The van der Waals surface area contributed by atoms with E-state index in [1.807, 2.05) is 18.2 Å². The van der Waals surface area contributed by atoms with Gasteiger partial charge in [-0.3, -0.25) is 4.79 Å². The number of rotatable bonds is 5. The van der Waals surface area contributed by atoms with E-state index < -0.39 is 0 Å². The molecule has 0 saturated heterocycles. The van der Waals surface area contributed by atoms with Crippen LogP contribution >= 0.6 is 27.3 Å². The fraction of sp³-hybridized carbons (Fsp3) is 0.231. The Labute approximate surface area is 129 Å². The first-order chi connectivity index (χ1) is 9.60. The van der Waals surface area contributed by atoms with E-state index in [-0.39, 0.29) is 12.3 Å². The van der Waals surface area contributed by atoms with Crippen LogP contribution in [0.25, 0.3) is 0 Å². The maximum Gasteiger partial charge on any atom is 0.230 e. The monoisotopic (exact) mass is 355 g/mol.